The third-order valence-corrected chi connectivity index (χ3v) is 4.74. The lowest BCUT2D eigenvalue weighted by atomic mass is 10.0. The van der Waals surface area contributed by atoms with Crippen molar-refractivity contribution >= 4 is 29.0 Å². The Hall–Kier alpha value is -3.15. The average molecular weight is 380 g/mol. The van der Waals surface area contributed by atoms with Crippen LogP contribution in [0.1, 0.15) is 49.5 Å². The molecule has 3 rings (SSSR count). The van der Waals surface area contributed by atoms with Gasteiger partial charge in [-0.3, -0.25) is 19.3 Å². The predicted octanol–water partition coefficient (Wildman–Crippen LogP) is 3.77. The largest absolute Gasteiger partial charge is 0.479 e. The van der Waals surface area contributed by atoms with E-state index in [0.29, 0.717) is 28.6 Å². The highest BCUT2D eigenvalue weighted by Gasteiger charge is 2.33. The number of benzene rings is 2. The number of anilines is 2. The van der Waals surface area contributed by atoms with Gasteiger partial charge < -0.3 is 10.1 Å². The van der Waals surface area contributed by atoms with Gasteiger partial charge in [-0.2, -0.15) is 0 Å². The van der Waals surface area contributed by atoms with E-state index in [4.69, 9.17) is 4.74 Å². The number of ether oxygens (including phenoxy) is 1. The van der Waals surface area contributed by atoms with Gasteiger partial charge in [-0.15, -0.1) is 0 Å². The molecule has 1 atom stereocenters. The minimum Gasteiger partial charge on any atom is -0.479 e. The molecule has 0 aliphatic carbocycles. The molecule has 0 radical (unpaired) electrons. The number of carbonyl (C=O) groups excluding carboxylic acids is 3. The maximum absolute atomic E-state index is 12.6. The molecule has 2 aromatic carbocycles. The Morgan fingerprint density at radius 3 is 2.43 bits per heavy atom. The van der Waals surface area contributed by atoms with Crippen molar-refractivity contribution < 1.29 is 19.1 Å². The van der Waals surface area contributed by atoms with E-state index < -0.39 is 6.10 Å². The Kier molecular flexibility index (Phi) is 5.49. The molecule has 146 valence electrons. The fourth-order valence-electron chi connectivity index (χ4n) is 3.08. The molecule has 6 nitrogen and oxygen atoms in total. The van der Waals surface area contributed by atoms with E-state index in [1.54, 1.807) is 25.1 Å². The zero-order chi connectivity index (χ0) is 20.4. The van der Waals surface area contributed by atoms with Crippen LogP contribution in [0.15, 0.2) is 42.5 Å². The summed E-state index contributed by atoms with van der Waals surface area (Å²) >= 11 is 0. The van der Waals surface area contributed by atoms with Gasteiger partial charge in [0.1, 0.15) is 12.3 Å². The molecule has 2 amide bonds. The van der Waals surface area contributed by atoms with E-state index in [9.17, 15) is 14.4 Å². The number of Topliss-reactive ketones (excluding diaryl/α,β-unsaturated/α-hetero) is 1. The highest BCUT2D eigenvalue weighted by atomic mass is 16.5. The molecular formula is C22H24N2O4. The lowest BCUT2D eigenvalue weighted by Crippen LogP contribution is -2.47. The Bertz CT molecular complexity index is 919. The lowest BCUT2D eigenvalue weighted by Gasteiger charge is -2.32. The van der Waals surface area contributed by atoms with Crippen molar-refractivity contribution in [3.8, 4) is 5.75 Å². The topological polar surface area (TPSA) is 75.7 Å². The van der Waals surface area contributed by atoms with Crippen LogP contribution in [0.3, 0.4) is 0 Å². The quantitative estimate of drug-likeness (QED) is 0.802. The van der Waals surface area contributed by atoms with Crippen LogP contribution in [0.2, 0.25) is 0 Å². The number of rotatable bonds is 5. The molecular weight excluding hydrogens is 356 g/mol. The number of amides is 2. The Morgan fingerprint density at radius 2 is 1.82 bits per heavy atom. The van der Waals surface area contributed by atoms with Crippen molar-refractivity contribution in [2.75, 3.05) is 16.8 Å². The number of fused-ring (bicyclic) bond motifs is 1. The Labute approximate surface area is 164 Å². The number of hydrogen-bond acceptors (Lipinski definition) is 4. The third kappa shape index (κ3) is 4.06. The molecule has 0 fully saturated rings. The predicted molar refractivity (Wildman–Crippen MR) is 108 cm³/mol. The van der Waals surface area contributed by atoms with Gasteiger partial charge in [0.25, 0.3) is 5.91 Å². The first-order valence-corrected chi connectivity index (χ1v) is 9.29. The Balaban J connectivity index is 1.80. The third-order valence-electron chi connectivity index (χ3n) is 4.74. The second-order valence-corrected chi connectivity index (χ2v) is 7.25. The standard InChI is InChI=1S/C22H24N2O4/c1-13(2)16-5-8-18(9-6-16)23-21(26)12-24-19-11-17(14(3)25)7-10-20(19)28-15(4)22(24)27/h5-11,13,15H,12H2,1-4H3,(H,23,26). The zero-order valence-electron chi connectivity index (χ0n) is 16.5. The molecule has 1 N–H and O–H groups in total. The van der Waals surface area contributed by atoms with Gasteiger partial charge in [-0.1, -0.05) is 26.0 Å². The van der Waals surface area contributed by atoms with Crippen LogP contribution < -0.4 is 15.0 Å². The van der Waals surface area contributed by atoms with Crippen LogP contribution in [-0.4, -0.2) is 30.2 Å². The van der Waals surface area contributed by atoms with Gasteiger partial charge >= 0.3 is 0 Å². The van der Waals surface area contributed by atoms with Crippen molar-refractivity contribution in [2.45, 2.75) is 39.7 Å². The van der Waals surface area contributed by atoms with E-state index in [2.05, 4.69) is 19.2 Å². The lowest BCUT2D eigenvalue weighted by molar-refractivity contribution is -0.127. The number of ketones is 1. The van der Waals surface area contributed by atoms with Crippen LogP contribution in [0.4, 0.5) is 11.4 Å². The molecule has 1 heterocycles. The highest BCUT2D eigenvalue weighted by molar-refractivity contribution is 6.07. The first-order valence-electron chi connectivity index (χ1n) is 9.29. The number of nitrogens with zero attached hydrogens (tertiary/aromatic N) is 1. The van der Waals surface area contributed by atoms with Gasteiger partial charge in [0.2, 0.25) is 5.91 Å². The van der Waals surface area contributed by atoms with Crippen LogP contribution in [0.5, 0.6) is 5.75 Å². The van der Waals surface area contributed by atoms with Gasteiger partial charge in [0.05, 0.1) is 5.69 Å². The highest BCUT2D eigenvalue weighted by Crippen LogP contribution is 2.35. The fraction of sp³-hybridized carbons (Fsp3) is 0.318. The zero-order valence-corrected chi connectivity index (χ0v) is 16.5. The minimum atomic E-state index is -0.700. The molecule has 1 unspecified atom stereocenters. The van der Waals surface area contributed by atoms with Crippen molar-refractivity contribution in [1.29, 1.82) is 0 Å². The Morgan fingerprint density at radius 1 is 1.14 bits per heavy atom. The van der Waals surface area contributed by atoms with E-state index in [1.807, 2.05) is 24.3 Å². The molecule has 1 aliphatic rings. The summed E-state index contributed by atoms with van der Waals surface area (Å²) < 4.78 is 5.61. The summed E-state index contributed by atoms with van der Waals surface area (Å²) in [5.41, 5.74) is 2.74. The van der Waals surface area contributed by atoms with E-state index in [0.717, 1.165) is 0 Å². The normalized spacial score (nSPS) is 15.8. The van der Waals surface area contributed by atoms with Crippen molar-refractivity contribution in [2.24, 2.45) is 0 Å². The molecule has 0 spiro atoms. The number of hydrogen-bond donors (Lipinski definition) is 1. The van der Waals surface area contributed by atoms with E-state index in [1.165, 1.54) is 17.4 Å². The van der Waals surface area contributed by atoms with Crippen LogP contribution >= 0.6 is 0 Å². The summed E-state index contributed by atoms with van der Waals surface area (Å²) in [6.45, 7) is 7.14. The first kappa shape index (κ1) is 19.6. The van der Waals surface area contributed by atoms with Crippen molar-refractivity contribution in [1.82, 2.24) is 0 Å². The maximum Gasteiger partial charge on any atom is 0.268 e. The average Bonchev–Trinajstić information content (AvgIpc) is 2.65. The summed E-state index contributed by atoms with van der Waals surface area (Å²) in [5, 5.41) is 2.82. The van der Waals surface area contributed by atoms with Gasteiger partial charge in [0.15, 0.2) is 11.9 Å². The molecule has 6 heteroatoms. The summed E-state index contributed by atoms with van der Waals surface area (Å²) in [6.07, 6.45) is -0.700. The molecule has 0 saturated carbocycles. The number of nitrogens with one attached hydrogen (secondary N) is 1. The summed E-state index contributed by atoms with van der Waals surface area (Å²) in [5.74, 6) is 0.122. The molecule has 0 aromatic heterocycles. The fourth-order valence-corrected chi connectivity index (χ4v) is 3.08. The maximum atomic E-state index is 12.6. The van der Waals surface area contributed by atoms with Crippen molar-refractivity contribution in [3.63, 3.8) is 0 Å². The van der Waals surface area contributed by atoms with Crippen molar-refractivity contribution in [3.05, 3.63) is 53.6 Å². The number of carbonyl (C=O) groups is 3. The monoisotopic (exact) mass is 380 g/mol. The molecule has 0 bridgehead atoms. The smallest absolute Gasteiger partial charge is 0.268 e. The second kappa shape index (κ2) is 7.84. The molecule has 28 heavy (non-hydrogen) atoms. The van der Waals surface area contributed by atoms with Crippen LogP contribution in [0.25, 0.3) is 0 Å². The second-order valence-electron chi connectivity index (χ2n) is 7.25. The first-order chi connectivity index (χ1) is 13.3. The van der Waals surface area contributed by atoms with Gasteiger partial charge in [0, 0.05) is 11.3 Å². The van der Waals surface area contributed by atoms with Crippen LogP contribution in [-0.2, 0) is 9.59 Å². The summed E-state index contributed by atoms with van der Waals surface area (Å²) in [6, 6.07) is 12.5. The van der Waals surface area contributed by atoms with E-state index in [-0.39, 0.29) is 24.1 Å². The summed E-state index contributed by atoms with van der Waals surface area (Å²) in [4.78, 5) is 38.2. The van der Waals surface area contributed by atoms with Gasteiger partial charge in [-0.25, -0.2) is 0 Å². The SMILES string of the molecule is CC(=O)c1ccc2c(c1)N(CC(=O)Nc1ccc(C(C)C)cc1)C(=O)C(C)O2. The van der Waals surface area contributed by atoms with E-state index >= 15 is 0 Å². The van der Waals surface area contributed by atoms with Gasteiger partial charge in [-0.05, 0) is 55.7 Å². The van der Waals surface area contributed by atoms with Crippen LogP contribution in [0, 0.1) is 0 Å². The minimum absolute atomic E-state index is 0.122. The molecule has 2 aromatic rings. The molecule has 0 saturated heterocycles. The molecule has 1 aliphatic heterocycles. The summed E-state index contributed by atoms with van der Waals surface area (Å²) in [7, 11) is 0.